The van der Waals surface area contributed by atoms with Gasteiger partial charge in [0.1, 0.15) is 11.6 Å². The minimum Gasteiger partial charge on any atom is -0.381 e. The van der Waals surface area contributed by atoms with E-state index in [1.54, 1.807) is 0 Å². The summed E-state index contributed by atoms with van der Waals surface area (Å²) in [6.45, 7) is 5.98. The topological polar surface area (TPSA) is 65.6 Å². The number of thiocarbonyl (C=S) groups is 1. The van der Waals surface area contributed by atoms with Crippen LogP contribution in [0, 0.1) is 0 Å². The van der Waals surface area contributed by atoms with Gasteiger partial charge in [0.25, 0.3) is 0 Å². The van der Waals surface area contributed by atoms with Crippen LogP contribution in [0.25, 0.3) is 0 Å². The first kappa shape index (κ1) is 28.2. The maximum Gasteiger partial charge on any atom is 0.232 e. The maximum absolute atomic E-state index is 6.19. The molecule has 3 aliphatic heterocycles. The highest BCUT2D eigenvalue weighted by Gasteiger charge is 2.34. The van der Waals surface area contributed by atoms with Crippen molar-refractivity contribution < 1.29 is 4.74 Å². The molecule has 216 valence electrons. The number of ether oxygens (including phenoxy) is 1. The highest BCUT2D eigenvalue weighted by Crippen LogP contribution is 2.35. The predicted molar refractivity (Wildman–Crippen MR) is 171 cm³/mol. The minimum absolute atomic E-state index is 0.0737. The van der Waals surface area contributed by atoms with Gasteiger partial charge < -0.3 is 25.2 Å². The van der Waals surface area contributed by atoms with E-state index >= 15 is 0 Å². The third-order valence-corrected chi connectivity index (χ3v) is 9.30. The lowest BCUT2D eigenvalue weighted by molar-refractivity contribution is 0.0515. The summed E-state index contributed by atoms with van der Waals surface area (Å²) in [7, 11) is 0. The van der Waals surface area contributed by atoms with Crippen LogP contribution in [-0.2, 0) is 23.1 Å². The first-order chi connectivity index (χ1) is 20.1. The van der Waals surface area contributed by atoms with Crippen LogP contribution in [-0.4, -0.2) is 54.5 Å². The summed E-state index contributed by atoms with van der Waals surface area (Å²) >= 11 is 12.0. The molecule has 0 aliphatic carbocycles. The third-order valence-electron chi connectivity index (χ3n) is 8.80. The molecule has 0 bridgehead atoms. The molecular weight excluding hydrogens is 552 g/mol. The number of hydrogen-bond donors (Lipinski definition) is 2. The van der Waals surface area contributed by atoms with Crippen LogP contribution in [0.3, 0.4) is 0 Å². The van der Waals surface area contributed by atoms with E-state index < -0.39 is 0 Å². The summed E-state index contributed by atoms with van der Waals surface area (Å²) in [6.07, 6.45) is 7.79. The molecule has 4 heterocycles. The number of nitrogens with one attached hydrogen (secondary N) is 2. The number of aromatic nitrogens is 2. The molecule has 0 saturated carbocycles. The van der Waals surface area contributed by atoms with Crippen molar-refractivity contribution in [2.24, 2.45) is 0 Å². The number of anilines is 3. The van der Waals surface area contributed by atoms with Crippen molar-refractivity contribution in [2.75, 3.05) is 54.5 Å². The summed E-state index contributed by atoms with van der Waals surface area (Å²) in [5, 5.41) is 8.13. The smallest absolute Gasteiger partial charge is 0.232 e. The summed E-state index contributed by atoms with van der Waals surface area (Å²) in [6, 6.07) is 19.1. The van der Waals surface area contributed by atoms with Crippen LogP contribution in [0.5, 0.6) is 0 Å². The van der Waals surface area contributed by atoms with Crippen molar-refractivity contribution in [2.45, 2.75) is 56.9 Å². The molecule has 0 unspecified atom stereocenters. The van der Waals surface area contributed by atoms with E-state index in [4.69, 9.17) is 38.5 Å². The lowest BCUT2D eigenvalue weighted by Crippen LogP contribution is -2.45. The normalized spacial score (nSPS) is 18.8. The van der Waals surface area contributed by atoms with Gasteiger partial charge in [0.05, 0.1) is 0 Å². The molecule has 2 saturated heterocycles. The molecule has 1 aromatic heterocycles. The first-order valence-electron chi connectivity index (χ1n) is 14.9. The number of nitrogens with zero attached hydrogens (tertiary/aromatic N) is 4. The second-order valence-corrected chi connectivity index (χ2v) is 12.3. The molecule has 0 radical (unpaired) electrons. The SMILES string of the molecule is S=C(NCC1(c2ccc(Cl)cc2)CCOCC1)Nc1nc(N2CCCCCC2)cc(N2CCc3ccccc3C2)n1. The van der Waals surface area contributed by atoms with Gasteiger partial charge in [0, 0.05) is 62.4 Å². The van der Waals surface area contributed by atoms with E-state index in [1.807, 2.05) is 12.1 Å². The molecule has 3 aliphatic rings. The lowest BCUT2D eigenvalue weighted by Gasteiger charge is -2.38. The van der Waals surface area contributed by atoms with E-state index in [0.29, 0.717) is 17.6 Å². The Morgan fingerprint density at radius 2 is 1.56 bits per heavy atom. The first-order valence-corrected chi connectivity index (χ1v) is 15.7. The third kappa shape index (κ3) is 6.76. The van der Waals surface area contributed by atoms with Crippen LogP contribution in [0.1, 0.15) is 55.2 Å². The fourth-order valence-electron chi connectivity index (χ4n) is 6.32. The Labute approximate surface area is 253 Å². The summed E-state index contributed by atoms with van der Waals surface area (Å²) in [5.74, 6) is 2.47. The highest BCUT2D eigenvalue weighted by molar-refractivity contribution is 7.80. The summed E-state index contributed by atoms with van der Waals surface area (Å²) in [5.41, 5.74) is 3.98. The van der Waals surface area contributed by atoms with Gasteiger partial charge in [-0.25, -0.2) is 0 Å². The zero-order valence-corrected chi connectivity index (χ0v) is 25.2. The number of halogens is 1. The minimum atomic E-state index is -0.0737. The molecule has 2 aromatic carbocycles. The van der Waals surface area contributed by atoms with E-state index in [2.05, 4.69) is 62.9 Å². The molecule has 0 spiro atoms. The van der Waals surface area contributed by atoms with E-state index in [-0.39, 0.29) is 5.41 Å². The number of rotatable bonds is 6. The molecule has 2 N–H and O–H groups in total. The average molecular weight is 591 g/mol. The Hall–Kier alpha value is -2.94. The molecule has 7 nitrogen and oxygen atoms in total. The standard InChI is InChI=1S/C32H39ClN6OS/c33-27-11-9-26(10-12-27)32(14-19-40-20-15-32)23-34-31(41)37-30-35-28(38-16-5-1-2-6-17-38)21-29(36-30)39-18-13-24-7-3-4-8-25(24)22-39/h3-4,7-12,21H,1-2,5-6,13-20,22-23H2,(H2,34,35,36,37,41). The van der Waals surface area contributed by atoms with E-state index in [1.165, 1.54) is 42.4 Å². The van der Waals surface area contributed by atoms with Crippen molar-refractivity contribution >= 4 is 46.5 Å². The fraction of sp³-hybridized carbons (Fsp3) is 0.469. The van der Waals surface area contributed by atoms with Crippen molar-refractivity contribution in [3.8, 4) is 0 Å². The van der Waals surface area contributed by atoms with Gasteiger partial charge in [-0.3, -0.25) is 0 Å². The summed E-state index contributed by atoms with van der Waals surface area (Å²) < 4.78 is 5.71. The monoisotopic (exact) mass is 590 g/mol. The van der Waals surface area contributed by atoms with Crippen LogP contribution in [0.4, 0.5) is 17.6 Å². The number of fused-ring (bicyclic) bond motifs is 1. The van der Waals surface area contributed by atoms with E-state index in [0.717, 1.165) is 75.3 Å². The molecule has 0 amide bonds. The highest BCUT2D eigenvalue weighted by atomic mass is 35.5. The molecule has 0 atom stereocenters. The van der Waals surface area contributed by atoms with E-state index in [9.17, 15) is 0 Å². The van der Waals surface area contributed by atoms with Gasteiger partial charge in [-0.1, -0.05) is 60.8 Å². The maximum atomic E-state index is 6.19. The zero-order valence-electron chi connectivity index (χ0n) is 23.6. The van der Waals surface area contributed by atoms with Gasteiger partial charge in [-0.05, 0) is 73.1 Å². The van der Waals surface area contributed by atoms with Gasteiger partial charge in [-0.15, -0.1) is 0 Å². The second kappa shape index (κ2) is 12.9. The van der Waals surface area contributed by atoms with Crippen molar-refractivity contribution in [3.63, 3.8) is 0 Å². The fourth-order valence-corrected chi connectivity index (χ4v) is 6.61. The molecule has 2 fully saturated rings. The largest absolute Gasteiger partial charge is 0.381 e. The number of hydrogen-bond acceptors (Lipinski definition) is 6. The number of benzene rings is 2. The van der Waals surface area contributed by atoms with Gasteiger partial charge in [-0.2, -0.15) is 9.97 Å². The lowest BCUT2D eigenvalue weighted by atomic mass is 9.74. The van der Waals surface area contributed by atoms with Gasteiger partial charge in [0.15, 0.2) is 5.11 Å². The van der Waals surface area contributed by atoms with Crippen LogP contribution < -0.4 is 20.4 Å². The zero-order chi connectivity index (χ0) is 28.1. The van der Waals surface area contributed by atoms with Crippen molar-refractivity contribution in [1.82, 2.24) is 15.3 Å². The van der Waals surface area contributed by atoms with Crippen LogP contribution in [0.15, 0.2) is 54.6 Å². The molecule has 6 rings (SSSR count). The van der Waals surface area contributed by atoms with Crippen LogP contribution >= 0.6 is 23.8 Å². The Bertz CT molecular complexity index is 1340. The van der Waals surface area contributed by atoms with Gasteiger partial charge >= 0.3 is 0 Å². The predicted octanol–water partition coefficient (Wildman–Crippen LogP) is 6.11. The average Bonchev–Trinajstić information content (AvgIpc) is 3.30. The van der Waals surface area contributed by atoms with Crippen LogP contribution in [0.2, 0.25) is 5.02 Å². The summed E-state index contributed by atoms with van der Waals surface area (Å²) in [4.78, 5) is 14.7. The van der Waals surface area contributed by atoms with Crippen molar-refractivity contribution in [3.05, 3.63) is 76.3 Å². The van der Waals surface area contributed by atoms with Crippen molar-refractivity contribution in [1.29, 1.82) is 0 Å². The molecule has 3 aromatic rings. The second-order valence-electron chi connectivity index (χ2n) is 11.5. The molecule has 41 heavy (non-hydrogen) atoms. The Morgan fingerprint density at radius 1 is 0.878 bits per heavy atom. The van der Waals surface area contributed by atoms with Gasteiger partial charge in [0.2, 0.25) is 5.95 Å². The molecule has 9 heteroatoms. The Balaban J connectivity index is 1.21. The molecular formula is C32H39ClN6OS. The Kier molecular flexibility index (Phi) is 8.89. The Morgan fingerprint density at radius 3 is 2.29 bits per heavy atom. The quantitative estimate of drug-likeness (QED) is 0.334.